The Morgan fingerprint density at radius 2 is 2.00 bits per heavy atom. The van der Waals surface area contributed by atoms with E-state index in [9.17, 15) is 4.79 Å². The van der Waals surface area contributed by atoms with Crippen molar-refractivity contribution >= 4 is 5.91 Å². The third kappa shape index (κ3) is 4.44. The molecule has 0 bridgehead atoms. The summed E-state index contributed by atoms with van der Waals surface area (Å²) in [5, 5.41) is 0. The molecule has 0 fully saturated rings. The van der Waals surface area contributed by atoms with Crippen LogP contribution in [0.25, 0.3) is 0 Å². The number of nitrogens with zero attached hydrogens (tertiary/aromatic N) is 1. The summed E-state index contributed by atoms with van der Waals surface area (Å²) in [6, 6.07) is 7.62. The molecule has 1 aromatic rings. The van der Waals surface area contributed by atoms with Gasteiger partial charge in [-0.1, -0.05) is 17.7 Å². The van der Waals surface area contributed by atoms with Crippen LogP contribution < -0.4 is 10.5 Å². The van der Waals surface area contributed by atoms with Gasteiger partial charge in [0, 0.05) is 6.54 Å². The minimum atomic E-state index is -0.317. The molecule has 1 amide bonds. The maximum atomic E-state index is 11.0. The van der Waals surface area contributed by atoms with Gasteiger partial charge in [0.05, 0.1) is 6.04 Å². The number of nitrogens with two attached hydrogens (primary N) is 1. The van der Waals surface area contributed by atoms with Gasteiger partial charge in [0.1, 0.15) is 12.4 Å². The molecular formula is C13H20N2O2. The first-order chi connectivity index (χ1) is 8.00. The monoisotopic (exact) mass is 236 g/mol. The predicted octanol–water partition coefficient (Wildman–Crippen LogP) is 1.18. The summed E-state index contributed by atoms with van der Waals surface area (Å²) in [7, 11) is 1.86. The zero-order valence-corrected chi connectivity index (χ0v) is 10.6. The number of hydrogen-bond acceptors (Lipinski definition) is 3. The van der Waals surface area contributed by atoms with Crippen molar-refractivity contribution in [3.05, 3.63) is 29.8 Å². The second-order valence-electron chi connectivity index (χ2n) is 4.22. The van der Waals surface area contributed by atoms with Crippen molar-refractivity contribution in [1.29, 1.82) is 0 Å². The van der Waals surface area contributed by atoms with E-state index in [1.54, 1.807) is 6.92 Å². The van der Waals surface area contributed by atoms with Gasteiger partial charge in [-0.05, 0) is 33.0 Å². The molecule has 0 aromatic heterocycles. The van der Waals surface area contributed by atoms with E-state index >= 15 is 0 Å². The van der Waals surface area contributed by atoms with Gasteiger partial charge in [-0.15, -0.1) is 0 Å². The lowest BCUT2D eigenvalue weighted by molar-refractivity contribution is -0.122. The number of ether oxygens (including phenoxy) is 1. The van der Waals surface area contributed by atoms with Crippen LogP contribution in [-0.2, 0) is 4.79 Å². The Morgan fingerprint density at radius 3 is 2.53 bits per heavy atom. The molecule has 0 saturated heterocycles. The summed E-state index contributed by atoms with van der Waals surface area (Å²) >= 11 is 0. The van der Waals surface area contributed by atoms with E-state index in [-0.39, 0.29) is 11.9 Å². The summed E-state index contributed by atoms with van der Waals surface area (Å²) in [5.74, 6) is 0.526. The van der Waals surface area contributed by atoms with Gasteiger partial charge in [-0.3, -0.25) is 9.69 Å². The Hall–Kier alpha value is -1.55. The standard InChI is InChI=1S/C13H20N2O2/c1-10-4-6-12(7-5-10)17-9-8-15(3)11(2)13(14)16/h4-7,11H,8-9H2,1-3H3,(H2,14,16)/t11-/m1/s1. The minimum absolute atomic E-state index is 0.267. The lowest BCUT2D eigenvalue weighted by Crippen LogP contribution is -2.41. The summed E-state index contributed by atoms with van der Waals surface area (Å²) in [6.07, 6.45) is 0. The van der Waals surface area contributed by atoms with Gasteiger partial charge < -0.3 is 10.5 Å². The second kappa shape index (κ2) is 6.25. The fourth-order valence-corrected chi connectivity index (χ4v) is 1.35. The number of rotatable bonds is 6. The molecule has 0 aliphatic heterocycles. The van der Waals surface area contributed by atoms with E-state index in [1.807, 2.05) is 43.1 Å². The largest absolute Gasteiger partial charge is 0.492 e. The highest BCUT2D eigenvalue weighted by molar-refractivity contribution is 5.79. The minimum Gasteiger partial charge on any atom is -0.492 e. The highest BCUT2D eigenvalue weighted by atomic mass is 16.5. The highest BCUT2D eigenvalue weighted by Crippen LogP contribution is 2.11. The van der Waals surface area contributed by atoms with Gasteiger partial charge in [0.15, 0.2) is 0 Å². The number of benzene rings is 1. The van der Waals surface area contributed by atoms with E-state index in [4.69, 9.17) is 10.5 Å². The lowest BCUT2D eigenvalue weighted by atomic mass is 10.2. The van der Waals surface area contributed by atoms with Gasteiger partial charge in [-0.2, -0.15) is 0 Å². The van der Waals surface area contributed by atoms with Crippen molar-refractivity contribution in [3.8, 4) is 5.75 Å². The normalized spacial score (nSPS) is 12.5. The number of hydrogen-bond donors (Lipinski definition) is 1. The van der Waals surface area contributed by atoms with Crippen LogP contribution in [0.15, 0.2) is 24.3 Å². The van der Waals surface area contributed by atoms with Crippen LogP contribution in [0.1, 0.15) is 12.5 Å². The molecule has 1 aromatic carbocycles. The van der Waals surface area contributed by atoms with E-state index in [1.165, 1.54) is 5.56 Å². The van der Waals surface area contributed by atoms with Gasteiger partial charge in [0.2, 0.25) is 5.91 Å². The SMILES string of the molecule is Cc1ccc(OCCN(C)[C@H](C)C(N)=O)cc1. The number of amides is 1. The van der Waals surface area contributed by atoms with Crippen molar-refractivity contribution in [2.75, 3.05) is 20.2 Å². The number of primary amides is 1. The Labute approximate surface area is 102 Å². The molecule has 0 saturated carbocycles. The first-order valence-corrected chi connectivity index (χ1v) is 5.69. The van der Waals surface area contributed by atoms with Crippen molar-refractivity contribution in [1.82, 2.24) is 4.90 Å². The third-order valence-corrected chi connectivity index (χ3v) is 2.81. The fourth-order valence-electron chi connectivity index (χ4n) is 1.35. The Kier molecular flexibility index (Phi) is 4.97. The van der Waals surface area contributed by atoms with E-state index < -0.39 is 0 Å². The summed E-state index contributed by atoms with van der Waals surface area (Å²) in [5.41, 5.74) is 6.42. The molecule has 2 N–H and O–H groups in total. The van der Waals surface area contributed by atoms with Crippen molar-refractivity contribution in [2.24, 2.45) is 5.73 Å². The van der Waals surface area contributed by atoms with E-state index in [0.717, 1.165) is 5.75 Å². The summed E-state index contributed by atoms with van der Waals surface area (Å²) < 4.78 is 5.57. The molecule has 0 aliphatic rings. The number of likely N-dealkylation sites (N-methyl/N-ethyl adjacent to an activating group) is 1. The predicted molar refractivity (Wildman–Crippen MR) is 68.0 cm³/mol. The van der Waals surface area contributed by atoms with Crippen LogP contribution in [0.2, 0.25) is 0 Å². The lowest BCUT2D eigenvalue weighted by Gasteiger charge is -2.21. The Balaban J connectivity index is 2.32. The van der Waals surface area contributed by atoms with Gasteiger partial charge in [0.25, 0.3) is 0 Å². The molecule has 0 radical (unpaired) electrons. The Bertz CT molecular complexity index is 362. The van der Waals surface area contributed by atoms with Crippen molar-refractivity contribution < 1.29 is 9.53 Å². The average Bonchev–Trinajstić information content (AvgIpc) is 2.30. The topological polar surface area (TPSA) is 55.6 Å². The zero-order chi connectivity index (χ0) is 12.8. The average molecular weight is 236 g/mol. The van der Waals surface area contributed by atoms with Crippen LogP contribution in [0.4, 0.5) is 0 Å². The van der Waals surface area contributed by atoms with Crippen LogP contribution in [0.3, 0.4) is 0 Å². The maximum absolute atomic E-state index is 11.0. The molecule has 17 heavy (non-hydrogen) atoms. The zero-order valence-electron chi connectivity index (χ0n) is 10.6. The number of carbonyl (C=O) groups excluding carboxylic acids is 1. The van der Waals surface area contributed by atoms with Gasteiger partial charge in [-0.25, -0.2) is 0 Å². The van der Waals surface area contributed by atoms with Crippen molar-refractivity contribution in [3.63, 3.8) is 0 Å². The summed E-state index contributed by atoms with van der Waals surface area (Å²) in [6.45, 7) is 5.02. The van der Waals surface area contributed by atoms with Crippen molar-refractivity contribution in [2.45, 2.75) is 19.9 Å². The van der Waals surface area contributed by atoms with Crippen LogP contribution in [0.5, 0.6) is 5.75 Å². The molecule has 4 nitrogen and oxygen atoms in total. The first-order valence-electron chi connectivity index (χ1n) is 5.69. The highest BCUT2D eigenvalue weighted by Gasteiger charge is 2.13. The third-order valence-electron chi connectivity index (χ3n) is 2.81. The molecule has 0 unspecified atom stereocenters. The summed E-state index contributed by atoms with van der Waals surface area (Å²) in [4.78, 5) is 12.8. The Morgan fingerprint density at radius 1 is 1.41 bits per heavy atom. The first kappa shape index (κ1) is 13.5. The number of carbonyl (C=O) groups is 1. The molecule has 1 rings (SSSR count). The smallest absolute Gasteiger partial charge is 0.234 e. The molecule has 94 valence electrons. The van der Waals surface area contributed by atoms with Gasteiger partial charge >= 0.3 is 0 Å². The van der Waals surface area contributed by atoms with Crippen LogP contribution in [0, 0.1) is 6.92 Å². The van der Waals surface area contributed by atoms with Crippen LogP contribution in [-0.4, -0.2) is 37.0 Å². The molecule has 0 heterocycles. The molecular weight excluding hydrogens is 216 g/mol. The maximum Gasteiger partial charge on any atom is 0.234 e. The molecule has 0 spiro atoms. The van der Waals surface area contributed by atoms with Crippen LogP contribution >= 0.6 is 0 Å². The molecule has 1 atom stereocenters. The van der Waals surface area contributed by atoms with E-state index in [2.05, 4.69) is 0 Å². The van der Waals surface area contributed by atoms with E-state index in [0.29, 0.717) is 13.2 Å². The molecule has 4 heteroatoms. The second-order valence-corrected chi connectivity index (χ2v) is 4.22. The fraction of sp³-hybridized carbons (Fsp3) is 0.462. The molecule has 0 aliphatic carbocycles. The quantitative estimate of drug-likeness (QED) is 0.807. The number of aryl methyl sites for hydroxylation is 1.